The van der Waals surface area contributed by atoms with Crippen molar-refractivity contribution in [2.24, 2.45) is 0 Å². The smallest absolute Gasteiger partial charge is 0.251 e. The summed E-state index contributed by atoms with van der Waals surface area (Å²) in [6.45, 7) is 2.42. The second kappa shape index (κ2) is 8.20. The maximum atomic E-state index is 12.9. The number of nitrogens with zero attached hydrogens (tertiary/aromatic N) is 3. The third kappa shape index (κ3) is 3.89. The Morgan fingerprint density at radius 1 is 1.27 bits per heavy atom. The highest BCUT2D eigenvalue weighted by Crippen LogP contribution is 2.31. The Morgan fingerprint density at radius 2 is 2.10 bits per heavy atom. The number of rotatable bonds is 5. The molecule has 1 unspecified atom stereocenters. The number of halogens is 1. The van der Waals surface area contributed by atoms with Crippen LogP contribution in [0.3, 0.4) is 0 Å². The van der Waals surface area contributed by atoms with Crippen LogP contribution in [0.5, 0.6) is 5.75 Å². The molecule has 0 aliphatic carbocycles. The topological polar surface area (TPSA) is 76.5 Å². The summed E-state index contributed by atoms with van der Waals surface area (Å²) in [5.41, 5.74) is 2.88. The molecule has 1 N–H and O–H groups in total. The number of methoxy groups -OCH3 is 1. The van der Waals surface area contributed by atoms with Gasteiger partial charge in [0.05, 0.1) is 24.8 Å². The van der Waals surface area contributed by atoms with Crippen molar-refractivity contribution in [2.75, 3.05) is 18.6 Å². The van der Waals surface area contributed by atoms with Crippen molar-refractivity contribution in [3.63, 3.8) is 0 Å². The van der Waals surface area contributed by atoms with E-state index in [1.807, 2.05) is 35.9 Å². The van der Waals surface area contributed by atoms with E-state index in [0.29, 0.717) is 29.3 Å². The average molecular weight is 425 g/mol. The number of aromatic nitrogens is 2. The molecule has 1 fully saturated rings. The SMILES string of the molecule is COc1cc(N2CCC(NC(=O)c3cccc(Cl)c3)C2=O)ccc1-n1cnc(C)c1. The maximum Gasteiger partial charge on any atom is 0.251 e. The number of imidazole rings is 1. The summed E-state index contributed by atoms with van der Waals surface area (Å²) >= 11 is 5.95. The van der Waals surface area contributed by atoms with Gasteiger partial charge < -0.3 is 19.5 Å². The molecule has 0 spiro atoms. The molecule has 1 aliphatic rings. The van der Waals surface area contributed by atoms with Crippen molar-refractivity contribution < 1.29 is 14.3 Å². The molecule has 0 saturated carbocycles. The Labute approximate surface area is 179 Å². The van der Waals surface area contributed by atoms with Gasteiger partial charge in [-0.2, -0.15) is 0 Å². The van der Waals surface area contributed by atoms with E-state index in [2.05, 4.69) is 10.3 Å². The van der Waals surface area contributed by atoms with E-state index in [4.69, 9.17) is 16.3 Å². The van der Waals surface area contributed by atoms with Gasteiger partial charge in [0.2, 0.25) is 5.91 Å². The zero-order valence-electron chi connectivity index (χ0n) is 16.6. The second-order valence-electron chi connectivity index (χ2n) is 7.09. The van der Waals surface area contributed by atoms with Crippen molar-refractivity contribution in [3.8, 4) is 11.4 Å². The molecule has 3 aromatic rings. The lowest BCUT2D eigenvalue weighted by Crippen LogP contribution is -2.41. The van der Waals surface area contributed by atoms with E-state index in [1.165, 1.54) is 0 Å². The molecule has 0 bridgehead atoms. The molecule has 4 rings (SSSR count). The molecule has 154 valence electrons. The lowest BCUT2D eigenvalue weighted by Gasteiger charge is -2.19. The van der Waals surface area contributed by atoms with Crippen molar-refractivity contribution in [1.82, 2.24) is 14.9 Å². The van der Waals surface area contributed by atoms with Crippen molar-refractivity contribution >= 4 is 29.1 Å². The van der Waals surface area contributed by atoms with Crippen molar-refractivity contribution in [3.05, 3.63) is 71.3 Å². The highest BCUT2D eigenvalue weighted by atomic mass is 35.5. The first-order chi connectivity index (χ1) is 14.5. The molecular formula is C22H21ClN4O3. The summed E-state index contributed by atoms with van der Waals surface area (Å²) in [5, 5.41) is 3.28. The van der Waals surface area contributed by atoms with Gasteiger partial charge in [-0.15, -0.1) is 0 Å². The van der Waals surface area contributed by atoms with Gasteiger partial charge in [-0.1, -0.05) is 17.7 Å². The molecule has 8 heteroatoms. The summed E-state index contributed by atoms with van der Waals surface area (Å²) in [6.07, 6.45) is 4.14. The molecule has 2 aromatic carbocycles. The minimum Gasteiger partial charge on any atom is -0.494 e. The number of aryl methyl sites for hydroxylation is 1. The first-order valence-electron chi connectivity index (χ1n) is 9.53. The van der Waals surface area contributed by atoms with Gasteiger partial charge >= 0.3 is 0 Å². The van der Waals surface area contributed by atoms with Gasteiger partial charge in [-0.05, 0) is 43.7 Å². The Hall–Kier alpha value is -3.32. The molecule has 1 aromatic heterocycles. The van der Waals surface area contributed by atoms with E-state index >= 15 is 0 Å². The molecule has 1 atom stereocenters. The maximum absolute atomic E-state index is 12.9. The summed E-state index contributed by atoms with van der Waals surface area (Å²) in [6, 6.07) is 11.6. The molecule has 7 nitrogen and oxygen atoms in total. The van der Waals surface area contributed by atoms with Crippen LogP contribution in [0.1, 0.15) is 22.5 Å². The third-order valence-electron chi connectivity index (χ3n) is 5.06. The minimum atomic E-state index is -0.585. The summed E-state index contributed by atoms with van der Waals surface area (Å²) < 4.78 is 7.41. The van der Waals surface area contributed by atoms with Crippen LogP contribution < -0.4 is 15.0 Å². The summed E-state index contributed by atoms with van der Waals surface area (Å²) in [4.78, 5) is 31.3. The molecule has 1 saturated heterocycles. The van der Waals surface area contributed by atoms with Crippen LogP contribution in [0.15, 0.2) is 55.0 Å². The Bertz CT molecular complexity index is 1110. The fourth-order valence-electron chi connectivity index (χ4n) is 3.54. The molecular weight excluding hydrogens is 404 g/mol. The Morgan fingerprint density at radius 3 is 2.80 bits per heavy atom. The fraction of sp³-hybridized carbons (Fsp3) is 0.227. The fourth-order valence-corrected chi connectivity index (χ4v) is 3.73. The molecule has 1 aliphatic heterocycles. The largest absolute Gasteiger partial charge is 0.494 e. The minimum absolute atomic E-state index is 0.154. The van der Waals surface area contributed by atoms with Gasteiger partial charge in [0.25, 0.3) is 5.91 Å². The summed E-state index contributed by atoms with van der Waals surface area (Å²) in [7, 11) is 1.59. The zero-order valence-corrected chi connectivity index (χ0v) is 17.4. The lowest BCUT2D eigenvalue weighted by molar-refractivity contribution is -0.118. The van der Waals surface area contributed by atoms with Crippen molar-refractivity contribution in [1.29, 1.82) is 0 Å². The van der Waals surface area contributed by atoms with E-state index in [1.54, 1.807) is 42.6 Å². The number of anilines is 1. The van der Waals surface area contributed by atoms with Gasteiger partial charge in [0.1, 0.15) is 11.8 Å². The predicted octanol–water partition coefficient (Wildman–Crippen LogP) is 3.38. The number of ether oxygens (including phenoxy) is 1. The van der Waals surface area contributed by atoms with Gasteiger partial charge in [-0.3, -0.25) is 9.59 Å². The number of amides is 2. The van der Waals surface area contributed by atoms with Crippen LogP contribution >= 0.6 is 11.6 Å². The number of benzene rings is 2. The van der Waals surface area contributed by atoms with E-state index in [9.17, 15) is 9.59 Å². The standard InChI is InChI=1S/C22H21ClN4O3/c1-14-12-26(13-24-14)19-7-6-17(11-20(19)30-2)27-9-8-18(22(27)29)25-21(28)15-4-3-5-16(23)10-15/h3-7,10-13,18H,8-9H2,1-2H3,(H,25,28). The Kier molecular flexibility index (Phi) is 5.46. The number of hydrogen-bond acceptors (Lipinski definition) is 4. The number of carbonyl (C=O) groups excluding carboxylic acids is 2. The average Bonchev–Trinajstić information content (AvgIpc) is 3.33. The van der Waals surface area contributed by atoms with Crippen LogP contribution in [0, 0.1) is 6.92 Å². The number of nitrogens with one attached hydrogen (secondary N) is 1. The van der Waals surface area contributed by atoms with Gasteiger partial charge in [-0.25, -0.2) is 4.98 Å². The van der Waals surface area contributed by atoms with Crippen LogP contribution in [0.2, 0.25) is 5.02 Å². The predicted molar refractivity (Wildman–Crippen MR) is 115 cm³/mol. The first kappa shape index (κ1) is 20.0. The first-order valence-corrected chi connectivity index (χ1v) is 9.91. The normalized spacial score (nSPS) is 16.0. The molecule has 2 amide bonds. The monoisotopic (exact) mass is 424 g/mol. The summed E-state index contributed by atoms with van der Waals surface area (Å²) in [5.74, 6) is 0.156. The van der Waals surface area contributed by atoms with E-state index in [-0.39, 0.29) is 11.8 Å². The Balaban J connectivity index is 1.51. The highest BCUT2D eigenvalue weighted by Gasteiger charge is 2.34. The molecule has 2 heterocycles. The zero-order chi connectivity index (χ0) is 21.3. The van der Waals surface area contributed by atoms with Gasteiger partial charge in [0, 0.05) is 35.1 Å². The van der Waals surface area contributed by atoms with E-state index < -0.39 is 6.04 Å². The highest BCUT2D eigenvalue weighted by molar-refractivity contribution is 6.31. The molecule has 0 radical (unpaired) electrons. The second-order valence-corrected chi connectivity index (χ2v) is 7.53. The van der Waals surface area contributed by atoms with Crippen molar-refractivity contribution in [2.45, 2.75) is 19.4 Å². The lowest BCUT2D eigenvalue weighted by atomic mass is 10.2. The van der Waals surface area contributed by atoms with Crippen LogP contribution in [0.25, 0.3) is 5.69 Å². The number of carbonyl (C=O) groups is 2. The number of hydrogen-bond donors (Lipinski definition) is 1. The van der Waals surface area contributed by atoms with Crippen LogP contribution in [-0.2, 0) is 4.79 Å². The van der Waals surface area contributed by atoms with Crippen LogP contribution in [0.4, 0.5) is 5.69 Å². The van der Waals surface area contributed by atoms with E-state index in [0.717, 1.165) is 17.1 Å². The van der Waals surface area contributed by atoms with Crippen LogP contribution in [-0.4, -0.2) is 41.1 Å². The molecule has 30 heavy (non-hydrogen) atoms. The quantitative estimate of drug-likeness (QED) is 0.681. The third-order valence-corrected chi connectivity index (χ3v) is 5.30. The van der Waals surface area contributed by atoms with Gasteiger partial charge in [0.15, 0.2) is 0 Å².